The van der Waals surface area contributed by atoms with Crippen molar-refractivity contribution in [1.82, 2.24) is 19.6 Å². The number of likely N-dealkylation sites (tertiary alicyclic amines) is 1. The van der Waals surface area contributed by atoms with Crippen molar-refractivity contribution in [2.24, 2.45) is 0 Å². The number of hydrogen-bond donors (Lipinski definition) is 0. The zero-order chi connectivity index (χ0) is 18.4. The van der Waals surface area contributed by atoms with Crippen molar-refractivity contribution in [3.05, 3.63) is 54.4 Å². The Morgan fingerprint density at radius 2 is 1.96 bits per heavy atom. The van der Waals surface area contributed by atoms with Gasteiger partial charge in [-0.2, -0.15) is 5.10 Å². The minimum absolute atomic E-state index is 0.0358. The van der Waals surface area contributed by atoms with Crippen LogP contribution in [0.2, 0.25) is 0 Å². The molecule has 1 aliphatic rings. The highest BCUT2D eigenvalue weighted by atomic mass is 16.5. The van der Waals surface area contributed by atoms with Gasteiger partial charge >= 0.3 is 0 Å². The van der Waals surface area contributed by atoms with Gasteiger partial charge in [-0.15, -0.1) is 0 Å². The Bertz CT molecular complexity index is 666. The van der Waals surface area contributed by atoms with E-state index in [1.807, 2.05) is 65.4 Å². The first-order valence-electron chi connectivity index (χ1n) is 9.23. The molecule has 1 saturated heterocycles. The van der Waals surface area contributed by atoms with E-state index in [-0.39, 0.29) is 11.9 Å². The topological polar surface area (TPSA) is 50.6 Å². The number of benzene rings is 1. The highest BCUT2D eigenvalue weighted by molar-refractivity contribution is 5.82. The highest BCUT2D eigenvalue weighted by Crippen LogP contribution is 2.23. The van der Waals surface area contributed by atoms with Crippen molar-refractivity contribution < 1.29 is 9.53 Å². The van der Waals surface area contributed by atoms with Crippen molar-refractivity contribution >= 4 is 5.91 Å². The molecule has 1 aromatic carbocycles. The predicted molar refractivity (Wildman–Crippen MR) is 101 cm³/mol. The SMILES string of the molecule is COC(C(=O)N(C)C1CCN(CCn2cccn2)CC1)c1ccccc1. The summed E-state index contributed by atoms with van der Waals surface area (Å²) in [4.78, 5) is 17.2. The summed E-state index contributed by atoms with van der Waals surface area (Å²) < 4.78 is 7.46. The minimum Gasteiger partial charge on any atom is -0.367 e. The number of rotatable bonds is 7. The molecule has 0 spiro atoms. The molecule has 0 saturated carbocycles. The van der Waals surface area contributed by atoms with Gasteiger partial charge in [0.05, 0.1) is 6.54 Å². The fraction of sp³-hybridized carbons (Fsp3) is 0.500. The Labute approximate surface area is 155 Å². The van der Waals surface area contributed by atoms with Gasteiger partial charge in [0.25, 0.3) is 5.91 Å². The summed E-state index contributed by atoms with van der Waals surface area (Å²) in [6, 6.07) is 11.9. The lowest BCUT2D eigenvalue weighted by Gasteiger charge is -2.37. The van der Waals surface area contributed by atoms with Crippen LogP contribution in [0.25, 0.3) is 0 Å². The third kappa shape index (κ3) is 4.51. The first-order valence-corrected chi connectivity index (χ1v) is 9.23. The van der Waals surface area contributed by atoms with Crippen LogP contribution in [0.4, 0.5) is 0 Å². The summed E-state index contributed by atoms with van der Waals surface area (Å²) in [5, 5.41) is 4.25. The average molecular weight is 356 g/mol. The number of aromatic nitrogens is 2. The molecule has 0 bridgehead atoms. The minimum atomic E-state index is -0.529. The number of carbonyl (C=O) groups excluding carboxylic acids is 1. The number of methoxy groups -OCH3 is 1. The molecule has 6 heteroatoms. The Morgan fingerprint density at radius 3 is 2.58 bits per heavy atom. The Balaban J connectivity index is 1.50. The Kier molecular flexibility index (Phi) is 6.41. The molecular weight excluding hydrogens is 328 g/mol. The van der Waals surface area contributed by atoms with E-state index < -0.39 is 6.10 Å². The van der Waals surface area contributed by atoms with Gasteiger partial charge in [0.1, 0.15) is 0 Å². The summed E-state index contributed by atoms with van der Waals surface area (Å²) in [5.41, 5.74) is 0.906. The van der Waals surface area contributed by atoms with E-state index in [9.17, 15) is 4.79 Å². The summed E-state index contributed by atoms with van der Waals surface area (Å²) in [7, 11) is 3.50. The molecule has 0 aliphatic carbocycles. The van der Waals surface area contributed by atoms with Crippen LogP contribution in [0.3, 0.4) is 0 Å². The number of nitrogens with zero attached hydrogens (tertiary/aromatic N) is 4. The molecule has 140 valence electrons. The second-order valence-electron chi connectivity index (χ2n) is 6.82. The molecule has 1 fully saturated rings. The first-order chi connectivity index (χ1) is 12.7. The zero-order valence-electron chi connectivity index (χ0n) is 15.6. The molecule has 1 amide bonds. The van der Waals surface area contributed by atoms with Crippen LogP contribution in [-0.4, -0.2) is 65.3 Å². The van der Waals surface area contributed by atoms with Gasteiger partial charge in [0.15, 0.2) is 6.10 Å². The fourth-order valence-electron chi connectivity index (χ4n) is 3.58. The molecule has 26 heavy (non-hydrogen) atoms. The summed E-state index contributed by atoms with van der Waals surface area (Å²) in [5.74, 6) is 0.0358. The molecule has 2 heterocycles. The van der Waals surface area contributed by atoms with E-state index in [0.717, 1.165) is 44.6 Å². The smallest absolute Gasteiger partial charge is 0.256 e. The maximum Gasteiger partial charge on any atom is 0.256 e. The number of piperidine rings is 1. The molecule has 1 unspecified atom stereocenters. The van der Waals surface area contributed by atoms with Crippen molar-refractivity contribution in [3.63, 3.8) is 0 Å². The van der Waals surface area contributed by atoms with Crippen molar-refractivity contribution in [2.75, 3.05) is 33.8 Å². The van der Waals surface area contributed by atoms with E-state index in [0.29, 0.717) is 0 Å². The number of hydrogen-bond acceptors (Lipinski definition) is 4. The second kappa shape index (κ2) is 8.96. The molecular formula is C20H28N4O2. The van der Waals surface area contributed by atoms with Gasteiger partial charge in [-0.3, -0.25) is 9.48 Å². The van der Waals surface area contributed by atoms with Crippen LogP contribution in [0.5, 0.6) is 0 Å². The molecule has 3 rings (SSSR count). The molecule has 1 atom stereocenters. The van der Waals surface area contributed by atoms with Crippen LogP contribution < -0.4 is 0 Å². The standard InChI is InChI=1S/C20H28N4O2/c1-22(20(25)19(26-2)17-7-4-3-5-8-17)18-9-13-23(14-10-18)15-16-24-12-6-11-21-24/h3-8,11-12,18-19H,9-10,13-16H2,1-2H3. The van der Waals surface area contributed by atoms with Crippen LogP contribution in [0.1, 0.15) is 24.5 Å². The maximum atomic E-state index is 12.9. The number of amides is 1. The van der Waals surface area contributed by atoms with Gasteiger partial charge in [-0.25, -0.2) is 0 Å². The molecule has 6 nitrogen and oxygen atoms in total. The van der Waals surface area contributed by atoms with Gasteiger partial charge in [-0.1, -0.05) is 30.3 Å². The Morgan fingerprint density at radius 1 is 1.23 bits per heavy atom. The van der Waals surface area contributed by atoms with Gasteiger partial charge in [-0.05, 0) is 24.5 Å². The third-order valence-corrected chi connectivity index (χ3v) is 5.22. The maximum absolute atomic E-state index is 12.9. The number of likely N-dealkylation sites (N-methyl/N-ethyl adjacent to an activating group) is 1. The molecule has 0 N–H and O–H groups in total. The fourth-order valence-corrected chi connectivity index (χ4v) is 3.58. The molecule has 0 radical (unpaired) electrons. The van der Waals surface area contributed by atoms with E-state index >= 15 is 0 Å². The van der Waals surface area contributed by atoms with E-state index in [2.05, 4.69) is 10.00 Å². The van der Waals surface area contributed by atoms with E-state index in [4.69, 9.17) is 4.74 Å². The van der Waals surface area contributed by atoms with Gasteiger partial charge in [0, 0.05) is 52.2 Å². The van der Waals surface area contributed by atoms with E-state index in [1.165, 1.54) is 0 Å². The predicted octanol–water partition coefficient (Wildman–Crippen LogP) is 2.19. The van der Waals surface area contributed by atoms with Crippen LogP contribution in [-0.2, 0) is 16.1 Å². The van der Waals surface area contributed by atoms with Crippen molar-refractivity contribution in [3.8, 4) is 0 Å². The van der Waals surface area contributed by atoms with Gasteiger partial charge < -0.3 is 14.5 Å². The average Bonchev–Trinajstić information content (AvgIpc) is 3.21. The Hall–Kier alpha value is -2.18. The summed E-state index contributed by atoms with van der Waals surface area (Å²) >= 11 is 0. The molecule has 1 aromatic heterocycles. The van der Waals surface area contributed by atoms with Crippen LogP contribution in [0, 0.1) is 0 Å². The third-order valence-electron chi connectivity index (χ3n) is 5.22. The van der Waals surface area contributed by atoms with Crippen LogP contribution in [0.15, 0.2) is 48.8 Å². The summed E-state index contributed by atoms with van der Waals surface area (Å²) in [6.45, 7) is 3.92. The van der Waals surface area contributed by atoms with Crippen molar-refractivity contribution in [1.29, 1.82) is 0 Å². The largest absolute Gasteiger partial charge is 0.367 e. The lowest BCUT2D eigenvalue weighted by molar-refractivity contribution is -0.144. The van der Waals surface area contributed by atoms with Crippen molar-refractivity contribution in [2.45, 2.75) is 31.5 Å². The van der Waals surface area contributed by atoms with Crippen LogP contribution >= 0.6 is 0 Å². The van der Waals surface area contributed by atoms with Gasteiger partial charge in [0.2, 0.25) is 0 Å². The highest BCUT2D eigenvalue weighted by Gasteiger charge is 2.30. The molecule has 1 aliphatic heterocycles. The number of ether oxygens (including phenoxy) is 1. The first kappa shape index (κ1) is 18.6. The lowest BCUT2D eigenvalue weighted by Crippen LogP contribution is -2.47. The zero-order valence-corrected chi connectivity index (χ0v) is 15.6. The molecule has 2 aromatic rings. The quantitative estimate of drug-likeness (QED) is 0.763. The van der Waals surface area contributed by atoms with E-state index in [1.54, 1.807) is 7.11 Å². The normalized spacial score (nSPS) is 17.2. The monoisotopic (exact) mass is 356 g/mol. The summed E-state index contributed by atoms with van der Waals surface area (Å²) in [6.07, 6.45) is 5.26. The second-order valence-corrected chi connectivity index (χ2v) is 6.82. The number of carbonyl (C=O) groups is 1. The lowest BCUT2D eigenvalue weighted by atomic mass is 10.0.